The van der Waals surface area contributed by atoms with Crippen molar-refractivity contribution in [1.29, 1.82) is 0 Å². The zero-order valence-electron chi connectivity index (χ0n) is 16.7. The van der Waals surface area contributed by atoms with Crippen LogP contribution in [0.3, 0.4) is 0 Å². The lowest BCUT2D eigenvalue weighted by Crippen LogP contribution is -2.49. The van der Waals surface area contributed by atoms with Crippen LogP contribution in [-0.4, -0.2) is 51.8 Å². The zero-order chi connectivity index (χ0) is 20.4. The van der Waals surface area contributed by atoms with Crippen LogP contribution in [-0.2, 0) is 11.2 Å². The summed E-state index contributed by atoms with van der Waals surface area (Å²) in [6.07, 6.45) is 2.18. The lowest BCUT2D eigenvalue weighted by atomic mass is 10.1. The molecule has 0 spiro atoms. The van der Waals surface area contributed by atoms with Crippen molar-refractivity contribution in [2.24, 2.45) is 0 Å². The van der Waals surface area contributed by atoms with E-state index in [1.54, 1.807) is 6.20 Å². The largest absolute Gasteiger partial charge is 0.365 e. The van der Waals surface area contributed by atoms with Gasteiger partial charge < -0.3 is 9.80 Å². The van der Waals surface area contributed by atoms with Crippen LogP contribution in [0.5, 0.6) is 0 Å². The number of nitrogens with zero attached hydrogens (tertiary/aromatic N) is 5. The van der Waals surface area contributed by atoms with Gasteiger partial charge >= 0.3 is 0 Å². The summed E-state index contributed by atoms with van der Waals surface area (Å²) >= 11 is 5.93. The number of amides is 1. The lowest BCUT2D eigenvalue weighted by molar-refractivity contribution is -0.130. The quantitative estimate of drug-likeness (QED) is 0.662. The molecule has 3 heterocycles. The molecule has 7 heteroatoms. The topological polar surface area (TPSA) is 54.3 Å². The lowest BCUT2D eigenvalue weighted by Gasteiger charge is -2.36. The third-order valence-electron chi connectivity index (χ3n) is 5.34. The molecule has 0 radical (unpaired) electrons. The van der Waals surface area contributed by atoms with Gasteiger partial charge in [-0.05, 0) is 43.7 Å². The summed E-state index contributed by atoms with van der Waals surface area (Å²) in [5.41, 5.74) is 4.18. The van der Waals surface area contributed by atoms with Crippen LogP contribution < -0.4 is 4.90 Å². The summed E-state index contributed by atoms with van der Waals surface area (Å²) in [5, 5.41) is 5.38. The van der Waals surface area contributed by atoms with Gasteiger partial charge in [-0.2, -0.15) is 5.10 Å². The Kier molecular flexibility index (Phi) is 5.53. The Hall–Kier alpha value is -2.86. The third-order valence-corrected chi connectivity index (χ3v) is 5.59. The Morgan fingerprint density at radius 1 is 1.03 bits per heavy atom. The summed E-state index contributed by atoms with van der Waals surface area (Å²) in [5.74, 6) is 0.973. The second-order valence-corrected chi connectivity index (χ2v) is 7.73. The van der Waals surface area contributed by atoms with E-state index in [1.807, 2.05) is 59.0 Å². The highest BCUT2D eigenvalue weighted by Crippen LogP contribution is 2.27. The Morgan fingerprint density at radius 3 is 2.41 bits per heavy atom. The molecule has 1 saturated heterocycles. The molecule has 1 fully saturated rings. The van der Waals surface area contributed by atoms with Gasteiger partial charge in [-0.3, -0.25) is 4.79 Å². The van der Waals surface area contributed by atoms with Gasteiger partial charge in [-0.1, -0.05) is 29.8 Å². The molecule has 0 saturated carbocycles. The number of anilines is 1. The van der Waals surface area contributed by atoms with Gasteiger partial charge in [0.1, 0.15) is 0 Å². The van der Waals surface area contributed by atoms with Gasteiger partial charge in [0.05, 0.1) is 23.5 Å². The predicted molar refractivity (Wildman–Crippen MR) is 115 cm³/mol. The Balaban J connectivity index is 1.43. The first kappa shape index (κ1) is 19.5. The molecule has 3 aromatic rings. The van der Waals surface area contributed by atoms with Crippen LogP contribution in [0.25, 0.3) is 5.82 Å². The van der Waals surface area contributed by atoms with Gasteiger partial charge in [0.25, 0.3) is 0 Å². The standard InChI is InChI=1S/C22H24ClN5O/c1-16-22(17(2)28(25-16)20-5-3-4-10-24-20)27-13-11-26(12-14-27)21(29)15-18-6-8-19(23)9-7-18/h3-10H,11-15H2,1-2H3. The number of carbonyl (C=O) groups excluding carboxylic acids is 1. The average molecular weight is 410 g/mol. The third kappa shape index (κ3) is 4.12. The number of carbonyl (C=O) groups is 1. The Morgan fingerprint density at radius 2 is 1.76 bits per heavy atom. The van der Waals surface area contributed by atoms with Crippen LogP contribution in [0.2, 0.25) is 5.02 Å². The van der Waals surface area contributed by atoms with Gasteiger partial charge in [0.15, 0.2) is 5.82 Å². The molecule has 0 bridgehead atoms. The van der Waals surface area contributed by atoms with E-state index in [-0.39, 0.29) is 5.91 Å². The highest BCUT2D eigenvalue weighted by molar-refractivity contribution is 6.30. The summed E-state index contributed by atoms with van der Waals surface area (Å²) in [7, 11) is 0. The number of aryl methyl sites for hydroxylation is 1. The molecule has 1 amide bonds. The molecule has 0 aliphatic carbocycles. The number of piperazine rings is 1. The summed E-state index contributed by atoms with van der Waals surface area (Å²) in [6.45, 7) is 7.10. The molecule has 4 rings (SSSR count). The predicted octanol–water partition coefficient (Wildman–Crippen LogP) is 3.43. The highest BCUT2D eigenvalue weighted by atomic mass is 35.5. The van der Waals surface area contributed by atoms with Gasteiger partial charge in [-0.25, -0.2) is 9.67 Å². The first-order valence-electron chi connectivity index (χ1n) is 9.78. The van der Waals surface area contributed by atoms with Crippen molar-refractivity contribution < 1.29 is 4.79 Å². The van der Waals surface area contributed by atoms with Gasteiger partial charge in [-0.15, -0.1) is 0 Å². The minimum absolute atomic E-state index is 0.157. The summed E-state index contributed by atoms with van der Waals surface area (Å²) in [6, 6.07) is 13.3. The summed E-state index contributed by atoms with van der Waals surface area (Å²) < 4.78 is 1.89. The number of hydrogen-bond donors (Lipinski definition) is 0. The summed E-state index contributed by atoms with van der Waals surface area (Å²) in [4.78, 5) is 21.3. The van der Waals surface area contributed by atoms with Crippen LogP contribution in [0.1, 0.15) is 17.0 Å². The molecule has 1 aliphatic rings. The van der Waals surface area contributed by atoms with E-state index in [9.17, 15) is 4.79 Å². The molecule has 0 N–H and O–H groups in total. The van der Waals surface area contributed by atoms with E-state index in [0.29, 0.717) is 24.5 Å². The van der Waals surface area contributed by atoms with Crippen LogP contribution >= 0.6 is 11.6 Å². The van der Waals surface area contributed by atoms with E-state index in [1.165, 1.54) is 0 Å². The van der Waals surface area contributed by atoms with Crippen molar-refractivity contribution in [3.8, 4) is 5.82 Å². The van der Waals surface area contributed by atoms with Gasteiger partial charge in [0, 0.05) is 37.4 Å². The number of benzene rings is 1. The fraction of sp³-hybridized carbons (Fsp3) is 0.318. The minimum Gasteiger partial charge on any atom is -0.365 e. The molecular formula is C22H24ClN5O. The molecule has 1 aromatic carbocycles. The molecular weight excluding hydrogens is 386 g/mol. The number of halogens is 1. The van der Waals surface area contributed by atoms with Crippen molar-refractivity contribution in [2.75, 3.05) is 31.1 Å². The number of pyridine rings is 1. The second-order valence-electron chi connectivity index (χ2n) is 7.29. The monoisotopic (exact) mass is 409 g/mol. The van der Waals surface area contributed by atoms with E-state index in [0.717, 1.165) is 41.5 Å². The smallest absolute Gasteiger partial charge is 0.227 e. The SMILES string of the molecule is Cc1nn(-c2ccccn2)c(C)c1N1CCN(C(=O)Cc2ccc(Cl)cc2)CC1. The number of rotatable bonds is 4. The van der Waals surface area contributed by atoms with Crippen molar-refractivity contribution in [3.63, 3.8) is 0 Å². The molecule has 6 nitrogen and oxygen atoms in total. The van der Waals surface area contributed by atoms with Crippen molar-refractivity contribution in [1.82, 2.24) is 19.7 Å². The number of hydrogen-bond acceptors (Lipinski definition) is 4. The second kappa shape index (κ2) is 8.25. The van der Waals surface area contributed by atoms with Crippen molar-refractivity contribution in [2.45, 2.75) is 20.3 Å². The average Bonchev–Trinajstić information content (AvgIpc) is 3.04. The maximum atomic E-state index is 12.7. The molecule has 29 heavy (non-hydrogen) atoms. The van der Waals surface area contributed by atoms with Crippen LogP contribution in [0.4, 0.5) is 5.69 Å². The van der Waals surface area contributed by atoms with Crippen LogP contribution in [0, 0.1) is 13.8 Å². The zero-order valence-corrected chi connectivity index (χ0v) is 17.4. The van der Waals surface area contributed by atoms with E-state index in [4.69, 9.17) is 16.7 Å². The maximum Gasteiger partial charge on any atom is 0.227 e. The Labute approximate surface area is 175 Å². The number of aromatic nitrogens is 3. The van der Waals surface area contributed by atoms with E-state index in [2.05, 4.69) is 16.8 Å². The first-order chi connectivity index (χ1) is 14.0. The molecule has 0 unspecified atom stereocenters. The van der Waals surface area contributed by atoms with Crippen LogP contribution in [0.15, 0.2) is 48.7 Å². The first-order valence-corrected chi connectivity index (χ1v) is 10.2. The molecule has 2 aromatic heterocycles. The van der Waals surface area contributed by atoms with E-state index < -0.39 is 0 Å². The van der Waals surface area contributed by atoms with Gasteiger partial charge in [0.2, 0.25) is 5.91 Å². The molecule has 150 valence electrons. The maximum absolute atomic E-state index is 12.7. The molecule has 0 atom stereocenters. The molecule has 1 aliphatic heterocycles. The fourth-order valence-corrected chi connectivity index (χ4v) is 3.99. The van der Waals surface area contributed by atoms with Crippen molar-refractivity contribution >= 4 is 23.2 Å². The van der Waals surface area contributed by atoms with Crippen molar-refractivity contribution in [3.05, 3.63) is 70.6 Å². The minimum atomic E-state index is 0.157. The highest BCUT2D eigenvalue weighted by Gasteiger charge is 2.25. The van der Waals surface area contributed by atoms with E-state index >= 15 is 0 Å². The normalized spacial score (nSPS) is 14.3. The Bertz CT molecular complexity index is 992. The fourth-order valence-electron chi connectivity index (χ4n) is 3.86.